The number of hydrogen-bond donors (Lipinski definition) is 4. The van der Waals surface area contributed by atoms with E-state index in [2.05, 4.69) is 41.5 Å². The Morgan fingerprint density at radius 3 is 2.34 bits per heavy atom. The van der Waals surface area contributed by atoms with Crippen LogP contribution in [0.2, 0.25) is 0 Å². The van der Waals surface area contributed by atoms with Crippen LogP contribution in [0, 0.1) is 58.2 Å². The van der Waals surface area contributed by atoms with Gasteiger partial charge in [0.25, 0.3) is 5.76 Å². The number of cyclic esters (lactones) is 1. The van der Waals surface area contributed by atoms with Gasteiger partial charge in [-0.25, -0.2) is 9.36 Å². The molecule has 4 saturated carbocycles. The van der Waals surface area contributed by atoms with Crippen molar-refractivity contribution in [2.24, 2.45) is 58.2 Å². The lowest BCUT2D eigenvalue weighted by Gasteiger charge is -2.61. The molecule has 4 fully saturated rings. The summed E-state index contributed by atoms with van der Waals surface area (Å²) in [6.45, 7) is 13.9. The number of ether oxygens (including phenoxy) is 1. The van der Waals surface area contributed by atoms with Gasteiger partial charge in [-0.3, -0.25) is 9.42 Å². The topological polar surface area (TPSA) is 143 Å². The first-order valence-electron chi connectivity index (χ1n) is 17.2. The van der Waals surface area contributed by atoms with Crippen LogP contribution in [0.3, 0.4) is 0 Å². The molecule has 0 radical (unpaired) electrons. The van der Waals surface area contributed by atoms with Crippen molar-refractivity contribution < 1.29 is 43.4 Å². The number of phosphoric ester groups is 1. The number of esters is 1. The van der Waals surface area contributed by atoms with E-state index in [9.17, 15) is 24.5 Å². The minimum Gasteiger partial charge on any atom is -0.505 e. The van der Waals surface area contributed by atoms with Gasteiger partial charge in [-0.15, -0.1) is 0 Å². The molecule has 1 aliphatic heterocycles. The van der Waals surface area contributed by atoms with Crippen molar-refractivity contribution in [3.63, 3.8) is 0 Å². The Labute approximate surface area is 263 Å². The largest absolute Gasteiger partial charge is 0.528 e. The third-order valence-electron chi connectivity index (χ3n) is 13.5. The Hall–Kier alpha value is -1.12. The molecular weight excluding hydrogens is 583 g/mol. The highest BCUT2D eigenvalue weighted by Gasteiger charge is 2.61. The Balaban J connectivity index is 1.20. The number of phosphoric acid groups is 1. The highest BCUT2D eigenvalue weighted by Crippen LogP contribution is 2.69. The van der Waals surface area contributed by atoms with E-state index in [0.29, 0.717) is 30.1 Å². The van der Waals surface area contributed by atoms with Gasteiger partial charge in [0.15, 0.2) is 11.9 Å². The quantitative estimate of drug-likeness (QED) is 0.140. The molecule has 0 amide bonds. The van der Waals surface area contributed by atoms with Crippen LogP contribution in [-0.2, 0) is 23.1 Å². The van der Waals surface area contributed by atoms with E-state index in [0.717, 1.165) is 48.3 Å². The molecule has 0 spiro atoms. The number of hydrogen-bond acceptors (Lipinski definition) is 8. The summed E-state index contributed by atoms with van der Waals surface area (Å²) in [7, 11) is -4.77. The highest BCUT2D eigenvalue weighted by molar-refractivity contribution is 7.47. The molecular formula is C34H57O9P. The van der Waals surface area contributed by atoms with Crippen molar-refractivity contribution in [2.75, 3.05) is 6.61 Å². The molecule has 10 heteroatoms. The first-order chi connectivity index (χ1) is 20.6. The first kappa shape index (κ1) is 34.2. The molecule has 5 aliphatic rings. The van der Waals surface area contributed by atoms with Crippen molar-refractivity contribution >= 4 is 13.8 Å². The number of carbonyl (C=O) groups is 1. The summed E-state index contributed by atoms with van der Waals surface area (Å²) in [4.78, 5) is 22.7. The van der Waals surface area contributed by atoms with Crippen LogP contribution in [0.4, 0.5) is 0 Å². The summed E-state index contributed by atoms with van der Waals surface area (Å²) >= 11 is 0. The number of carbonyl (C=O) groups excluding carboxylic acids is 1. The molecule has 13 atom stereocenters. The van der Waals surface area contributed by atoms with Crippen LogP contribution in [0.5, 0.6) is 0 Å². The molecule has 4 N–H and O–H groups in total. The van der Waals surface area contributed by atoms with Crippen LogP contribution in [-0.4, -0.2) is 51.1 Å². The van der Waals surface area contributed by atoms with E-state index in [1.165, 1.54) is 44.9 Å². The third kappa shape index (κ3) is 6.26. The van der Waals surface area contributed by atoms with Crippen LogP contribution in [0.25, 0.3) is 0 Å². The summed E-state index contributed by atoms with van der Waals surface area (Å²) in [5.74, 6) is 2.81. The lowest BCUT2D eigenvalue weighted by atomic mass is 9.44. The molecule has 0 aromatic carbocycles. The van der Waals surface area contributed by atoms with Gasteiger partial charge in [0, 0.05) is 0 Å². The highest BCUT2D eigenvalue weighted by atomic mass is 31.2. The van der Waals surface area contributed by atoms with E-state index < -0.39 is 50.2 Å². The minimum absolute atomic E-state index is 0.171. The van der Waals surface area contributed by atoms with Gasteiger partial charge in [-0.2, -0.15) is 0 Å². The summed E-state index contributed by atoms with van der Waals surface area (Å²) in [6.07, 6.45) is 8.80. The molecule has 0 aromatic rings. The summed E-state index contributed by atoms with van der Waals surface area (Å²) < 4.78 is 28.3. The monoisotopic (exact) mass is 640 g/mol. The minimum atomic E-state index is -4.77. The number of aliphatic hydroxyl groups excluding tert-OH is 3. The van der Waals surface area contributed by atoms with Crippen LogP contribution < -0.4 is 0 Å². The number of fused-ring (bicyclic) bond motifs is 5. The number of rotatable bonds is 11. The van der Waals surface area contributed by atoms with Gasteiger partial charge >= 0.3 is 13.8 Å². The normalized spacial score (nSPS) is 42.1. The predicted octanol–water partition coefficient (Wildman–Crippen LogP) is 6.90. The Morgan fingerprint density at radius 1 is 0.977 bits per heavy atom. The Morgan fingerprint density at radius 2 is 1.66 bits per heavy atom. The maximum absolute atomic E-state index is 13.0. The first-order valence-corrected chi connectivity index (χ1v) is 18.7. The van der Waals surface area contributed by atoms with Crippen LogP contribution in [0.15, 0.2) is 11.5 Å². The maximum Gasteiger partial charge on any atom is 0.528 e. The molecule has 0 bridgehead atoms. The molecule has 1 heterocycles. The van der Waals surface area contributed by atoms with Crippen molar-refractivity contribution in [2.45, 2.75) is 130 Å². The molecule has 2 unspecified atom stereocenters. The smallest absolute Gasteiger partial charge is 0.505 e. The zero-order valence-corrected chi connectivity index (χ0v) is 28.5. The van der Waals surface area contributed by atoms with Crippen molar-refractivity contribution in [1.82, 2.24) is 0 Å². The fraction of sp³-hybridized carbons (Fsp3) is 0.912. The molecule has 0 aromatic heterocycles. The zero-order valence-electron chi connectivity index (χ0n) is 27.6. The van der Waals surface area contributed by atoms with E-state index in [1.54, 1.807) is 0 Å². The second kappa shape index (κ2) is 12.8. The number of aliphatic hydroxyl groups is 3. The van der Waals surface area contributed by atoms with E-state index in [1.807, 2.05) is 0 Å². The SMILES string of the molecule is CC(C)[C@H](C)CCC(C)[C@H]1CC[C@H]2[C@@H]3CC[C@H]4C[C@@H](OP(=O)(O)OC5=C(O)[C@@H]([C@@H](O)CO)OC5=O)CC[C@]4(C)[C@H]3CC[C@]12C. The second-order valence-corrected chi connectivity index (χ2v) is 17.3. The van der Waals surface area contributed by atoms with Gasteiger partial charge in [0.2, 0.25) is 0 Å². The van der Waals surface area contributed by atoms with Gasteiger partial charge in [0.05, 0.1) is 12.7 Å². The van der Waals surface area contributed by atoms with Crippen molar-refractivity contribution in [1.29, 1.82) is 0 Å². The third-order valence-corrected chi connectivity index (χ3v) is 14.5. The van der Waals surface area contributed by atoms with Gasteiger partial charge < -0.3 is 24.6 Å². The Bertz CT molecular complexity index is 1140. The van der Waals surface area contributed by atoms with Gasteiger partial charge in [-0.05, 0) is 116 Å². The molecule has 44 heavy (non-hydrogen) atoms. The van der Waals surface area contributed by atoms with E-state index >= 15 is 0 Å². The van der Waals surface area contributed by atoms with E-state index in [4.69, 9.17) is 18.9 Å². The summed E-state index contributed by atoms with van der Waals surface area (Å²) in [5.41, 5.74) is 0.602. The van der Waals surface area contributed by atoms with Gasteiger partial charge in [-0.1, -0.05) is 54.4 Å². The second-order valence-electron chi connectivity index (χ2n) is 16.0. The predicted molar refractivity (Wildman–Crippen MR) is 166 cm³/mol. The van der Waals surface area contributed by atoms with Gasteiger partial charge in [0.1, 0.15) is 6.10 Å². The standard InChI is InChI=1S/C34H57O9P/c1-19(2)20(3)7-8-21(4)25-11-12-26-24-10-9-22-17-23(13-15-33(22,5)27(24)14-16-34(25,26)6)42-44(39,40)43-31-29(37)30(28(36)18-35)41-32(31)38/h19-28,30,35-37H,7-18H2,1-6H3,(H,39,40)/t20-,21?,22+,23+,24+,25-,26+,27+,28+,30-,33+,34-/m1/s1. The molecule has 252 valence electrons. The lowest BCUT2D eigenvalue weighted by molar-refractivity contribution is -0.147. The van der Waals surface area contributed by atoms with Crippen LogP contribution in [0.1, 0.15) is 112 Å². The van der Waals surface area contributed by atoms with Crippen molar-refractivity contribution in [3.8, 4) is 0 Å². The van der Waals surface area contributed by atoms with Crippen LogP contribution >= 0.6 is 7.82 Å². The maximum atomic E-state index is 13.0. The zero-order chi connectivity index (χ0) is 32.2. The van der Waals surface area contributed by atoms with Crippen molar-refractivity contribution in [3.05, 3.63) is 11.5 Å². The molecule has 5 rings (SSSR count). The average Bonchev–Trinajstić information content (AvgIpc) is 3.46. The lowest BCUT2D eigenvalue weighted by Crippen LogP contribution is -2.54. The van der Waals surface area contributed by atoms with E-state index in [-0.39, 0.29) is 5.41 Å². The fourth-order valence-electron chi connectivity index (χ4n) is 10.6. The fourth-order valence-corrected chi connectivity index (χ4v) is 11.6. The molecule has 4 aliphatic carbocycles. The molecule has 9 nitrogen and oxygen atoms in total. The Kier molecular flexibility index (Phi) is 9.97. The summed E-state index contributed by atoms with van der Waals surface area (Å²) in [6, 6.07) is 0. The molecule has 0 saturated heterocycles. The summed E-state index contributed by atoms with van der Waals surface area (Å²) in [5, 5.41) is 29.1. The average molecular weight is 641 g/mol.